The summed E-state index contributed by atoms with van der Waals surface area (Å²) in [5, 5.41) is 6.80. The Morgan fingerprint density at radius 1 is 1.28 bits per heavy atom. The average Bonchev–Trinajstić information content (AvgIpc) is 3.15. The van der Waals surface area contributed by atoms with Gasteiger partial charge in [-0.2, -0.15) is 0 Å². The molecule has 1 aromatic heterocycles. The highest BCUT2D eigenvalue weighted by molar-refractivity contribution is 7.13. The number of aromatic nitrogens is 1. The quantitative estimate of drug-likeness (QED) is 0.884. The molecule has 1 aromatic carbocycles. The summed E-state index contributed by atoms with van der Waals surface area (Å²) in [6.07, 6.45) is 1.82. The molecule has 0 aliphatic carbocycles. The number of piperazine rings is 1. The van der Waals surface area contributed by atoms with Crippen molar-refractivity contribution in [2.45, 2.75) is 19.3 Å². The number of amides is 2. The SMILES string of the molecule is CC(C)(CNC(=O)N1CCN(c2nccs2)CC1)c1ccccc1Cl. The van der Waals surface area contributed by atoms with Gasteiger partial charge in [0.25, 0.3) is 0 Å². The third-order valence-corrected chi connectivity index (χ3v) is 5.70. The van der Waals surface area contributed by atoms with Gasteiger partial charge < -0.3 is 15.1 Å². The number of carbonyl (C=O) groups excluding carboxylic acids is 1. The monoisotopic (exact) mass is 378 g/mol. The van der Waals surface area contributed by atoms with Crippen LogP contribution in [-0.2, 0) is 5.41 Å². The summed E-state index contributed by atoms with van der Waals surface area (Å²) in [6.45, 7) is 7.77. The van der Waals surface area contributed by atoms with Gasteiger partial charge in [-0.05, 0) is 11.6 Å². The van der Waals surface area contributed by atoms with Crippen molar-refractivity contribution in [2.75, 3.05) is 37.6 Å². The highest BCUT2D eigenvalue weighted by Crippen LogP contribution is 2.29. The lowest BCUT2D eigenvalue weighted by atomic mass is 9.84. The van der Waals surface area contributed by atoms with E-state index in [9.17, 15) is 4.79 Å². The van der Waals surface area contributed by atoms with Crippen LogP contribution in [0.25, 0.3) is 0 Å². The molecule has 2 aromatic rings. The van der Waals surface area contributed by atoms with Crippen LogP contribution in [0.1, 0.15) is 19.4 Å². The van der Waals surface area contributed by atoms with Crippen LogP contribution in [0, 0.1) is 0 Å². The molecule has 0 atom stereocenters. The van der Waals surface area contributed by atoms with Gasteiger partial charge in [-0.25, -0.2) is 9.78 Å². The summed E-state index contributed by atoms with van der Waals surface area (Å²) in [5.74, 6) is 0. The Morgan fingerprint density at radius 3 is 2.64 bits per heavy atom. The molecule has 0 radical (unpaired) electrons. The number of halogens is 1. The summed E-state index contributed by atoms with van der Waals surface area (Å²) >= 11 is 7.94. The van der Waals surface area contributed by atoms with Crippen molar-refractivity contribution in [3.63, 3.8) is 0 Å². The van der Waals surface area contributed by atoms with Gasteiger partial charge in [0, 0.05) is 54.7 Å². The Kier molecular flexibility index (Phi) is 5.49. The van der Waals surface area contributed by atoms with Gasteiger partial charge in [-0.15, -0.1) is 11.3 Å². The lowest BCUT2D eigenvalue weighted by Gasteiger charge is -2.35. The number of rotatable bonds is 4. The van der Waals surface area contributed by atoms with E-state index in [0.29, 0.717) is 19.6 Å². The number of benzene rings is 1. The van der Waals surface area contributed by atoms with E-state index in [1.807, 2.05) is 40.7 Å². The number of thiazole rings is 1. The fourth-order valence-corrected chi connectivity index (χ4v) is 4.07. The molecule has 0 saturated carbocycles. The molecule has 1 aliphatic rings. The largest absolute Gasteiger partial charge is 0.345 e. The number of carbonyl (C=O) groups is 1. The molecule has 134 valence electrons. The van der Waals surface area contributed by atoms with E-state index in [-0.39, 0.29) is 11.4 Å². The van der Waals surface area contributed by atoms with Gasteiger partial charge >= 0.3 is 6.03 Å². The van der Waals surface area contributed by atoms with Gasteiger partial charge in [0.15, 0.2) is 5.13 Å². The molecule has 25 heavy (non-hydrogen) atoms. The Labute approximate surface area is 157 Å². The molecule has 0 unspecified atom stereocenters. The molecule has 1 saturated heterocycles. The van der Waals surface area contributed by atoms with Gasteiger partial charge in [0.1, 0.15) is 0 Å². The maximum absolute atomic E-state index is 12.5. The summed E-state index contributed by atoms with van der Waals surface area (Å²) in [4.78, 5) is 20.9. The van der Waals surface area contributed by atoms with Crippen molar-refractivity contribution >= 4 is 34.1 Å². The van der Waals surface area contributed by atoms with E-state index in [2.05, 4.69) is 29.0 Å². The number of nitrogens with zero attached hydrogens (tertiary/aromatic N) is 3. The normalized spacial score (nSPS) is 15.3. The van der Waals surface area contributed by atoms with Crippen molar-refractivity contribution in [2.24, 2.45) is 0 Å². The molecule has 1 N–H and O–H groups in total. The van der Waals surface area contributed by atoms with E-state index in [1.54, 1.807) is 11.3 Å². The maximum Gasteiger partial charge on any atom is 0.317 e. The molecule has 2 amide bonds. The van der Waals surface area contributed by atoms with E-state index in [1.165, 1.54) is 0 Å². The van der Waals surface area contributed by atoms with Crippen molar-refractivity contribution in [3.8, 4) is 0 Å². The number of nitrogens with one attached hydrogen (secondary N) is 1. The van der Waals surface area contributed by atoms with E-state index >= 15 is 0 Å². The fraction of sp³-hybridized carbons (Fsp3) is 0.444. The van der Waals surface area contributed by atoms with Crippen LogP contribution in [-0.4, -0.2) is 48.6 Å². The molecule has 7 heteroatoms. The maximum atomic E-state index is 12.5. The van der Waals surface area contributed by atoms with Crippen LogP contribution in [0.15, 0.2) is 35.8 Å². The minimum atomic E-state index is -0.225. The van der Waals surface area contributed by atoms with Crippen LogP contribution in [0.4, 0.5) is 9.93 Å². The van der Waals surface area contributed by atoms with Crippen molar-refractivity contribution in [3.05, 3.63) is 46.4 Å². The standard InChI is InChI=1S/C18H23ClN4OS/c1-18(2,14-5-3-4-6-15(14)19)13-21-16(24)22-8-10-23(11-9-22)17-20-7-12-25-17/h3-7,12H,8-11,13H2,1-2H3,(H,21,24). The van der Waals surface area contributed by atoms with Crippen LogP contribution in [0.3, 0.4) is 0 Å². The van der Waals surface area contributed by atoms with Crippen molar-refractivity contribution in [1.82, 2.24) is 15.2 Å². The molecule has 5 nitrogen and oxygen atoms in total. The zero-order valence-electron chi connectivity index (χ0n) is 14.5. The number of anilines is 1. The first-order valence-electron chi connectivity index (χ1n) is 8.39. The average molecular weight is 379 g/mol. The van der Waals surface area contributed by atoms with Gasteiger partial charge in [0.2, 0.25) is 0 Å². The second-order valence-electron chi connectivity index (χ2n) is 6.81. The second kappa shape index (κ2) is 7.62. The Balaban J connectivity index is 1.52. The second-order valence-corrected chi connectivity index (χ2v) is 8.09. The third-order valence-electron chi connectivity index (χ3n) is 4.54. The first-order valence-corrected chi connectivity index (χ1v) is 9.65. The molecule has 1 fully saturated rings. The molecule has 0 bridgehead atoms. The van der Waals surface area contributed by atoms with E-state index in [4.69, 9.17) is 11.6 Å². The van der Waals surface area contributed by atoms with E-state index < -0.39 is 0 Å². The first kappa shape index (κ1) is 18.0. The molecule has 2 heterocycles. The summed E-state index contributed by atoms with van der Waals surface area (Å²) in [7, 11) is 0. The zero-order chi connectivity index (χ0) is 17.9. The lowest BCUT2D eigenvalue weighted by molar-refractivity contribution is 0.192. The summed E-state index contributed by atoms with van der Waals surface area (Å²) in [6, 6.07) is 7.78. The zero-order valence-corrected chi connectivity index (χ0v) is 16.1. The van der Waals surface area contributed by atoms with Gasteiger partial charge in [-0.1, -0.05) is 43.6 Å². The summed E-state index contributed by atoms with van der Waals surface area (Å²) in [5.41, 5.74) is 0.821. The highest BCUT2D eigenvalue weighted by Gasteiger charge is 2.26. The Bertz CT molecular complexity index is 712. The number of urea groups is 1. The first-order chi connectivity index (χ1) is 12.0. The molecule has 3 rings (SSSR count). The van der Waals surface area contributed by atoms with Crippen LogP contribution >= 0.6 is 22.9 Å². The molecule has 0 spiro atoms. The topological polar surface area (TPSA) is 48.5 Å². The molecular formula is C18H23ClN4OS. The minimum Gasteiger partial charge on any atom is -0.345 e. The predicted octanol–water partition coefficient (Wildman–Crippen LogP) is 3.61. The lowest BCUT2D eigenvalue weighted by Crippen LogP contribution is -2.53. The highest BCUT2D eigenvalue weighted by atomic mass is 35.5. The van der Waals surface area contributed by atoms with Crippen LogP contribution in [0.5, 0.6) is 0 Å². The number of hydrogen-bond donors (Lipinski definition) is 1. The van der Waals surface area contributed by atoms with Gasteiger partial charge in [-0.3, -0.25) is 0 Å². The van der Waals surface area contributed by atoms with E-state index in [0.717, 1.165) is 28.8 Å². The smallest absolute Gasteiger partial charge is 0.317 e. The van der Waals surface area contributed by atoms with Gasteiger partial charge in [0.05, 0.1) is 0 Å². The van der Waals surface area contributed by atoms with Crippen LogP contribution in [0.2, 0.25) is 5.02 Å². The molecular weight excluding hydrogens is 356 g/mol. The Morgan fingerprint density at radius 2 is 2.00 bits per heavy atom. The Hall–Kier alpha value is -1.79. The minimum absolute atomic E-state index is 0.0149. The number of hydrogen-bond acceptors (Lipinski definition) is 4. The van der Waals surface area contributed by atoms with Crippen molar-refractivity contribution < 1.29 is 4.79 Å². The van der Waals surface area contributed by atoms with Crippen molar-refractivity contribution in [1.29, 1.82) is 0 Å². The third kappa shape index (κ3) is 4.25. The fourth-order valence-electron chi connectivity index (χ4n) is 2.99. The molecule has 1 aliphatic heterocycles. The van der Waals surface area contributed by atoms with Crippen LogP contribution < -0.4 is 10.2 Å². The summed E-state index contributed by atoms with van der Waals surface area (Å²) < 4.78 is 0. The predicted molar refractivity (Wildman–Crippen MR) is 104 cm³/mol.